The maximum Gasteiger partial charge on any atom is 0.303 e. The lowest BCUT2D eigenvalue weighted by Gasteiger charge is -2.28. The van der Waals surface area contributed by atoms with Crippen LogP contribution in [0.4, 0.5) is 0 Å². The van der Waals surface area contributed by atoms with Gasteiger partial charge < -0.3 is 5.11 Å². The summed E-state index contributed by atoms with van der Waals surface area (Å²) in [7, 11) is 0. The van der Waals surface area contributed by atoms with Crippen molar-refractivity contribution in [2.24, 2.45) is 5.41 Å². The number of aliphatic carboxylic acids is 1. The molecule has 0 saturated heterocycles. The molecule has 19 heavy (non-hydrogen) atoms. The molecule has 2 rings (SSSR count). The number of benzene rings is 1. The van der Waals surface area contributed by atoms with Crippen LogP contribution in [-0.4, -0.2) is 16.9 Å². The van der Waals surface area contributed by atoms with Gasteiger partial charge in [-0.1, -0.05) is 30.3 Å². The Morgan fingerprint density at radius 1 is 1.26 bits per heavy atom. The fourth-order valence-corrected chi connectivity index (χ4v) is 3.10. The lowest BCUT2D eigenvalue weighted by Crippen LogP contribution is -2.21. The molecular weight excluding hydrogens is 240 g/mol. The van der Waals surface area contributed by atoms with Gasteiger partial charge in [-0.25, -0.2) is 0 Å². The van der Waals surface area contributed by atoms with E-state index in [0.717, 1.165) is 19.3 Å². The van der Waals surface area contributed by atoms with E-state index >= 15 is 0 Å². The lowest BCUT2D eigenvalue weighted by atomic mass is 9.76. The van der Waals surface area contributed by atoms with Crippen LogP contribution in [0, 0.1) is 5.41 Å². The highest BCUT2D eigenvalue weighted by Crippen LogP contribution is 2.43. The van der Waals surface area contributed by atoms with Crippen molar-refractivity contribution in [2.75, 3.05) is 0 Å². The van der Waals surface area contributed by atoms with Crippen LogP contribution in [0.1, 0.15) is 44.1 Å². The second-order valence-electron chi connectivity index (χ2n) is 5.63. The fourth-order valence-electron chi connectivity index (χ4n) is 3.10. The van der Waals surface area contributed by atoms with Crippen molar-refractivity contribution >= 4 is 11.8 Å². The van der Waals surface area contributed by atoms with Gasteiger partial charge in [-0.3, -0.25) is 9.59 Å². The fraction of sp³-hybridized carbons (Fsp3) is 0.500. The van der Waals surface area contributed by atoms with E-state index < -0.39 is 5.97 Å². The number of carboxylic acid groups (broad SMARTS) is 1. The van der Waals surface area contributed by atoms with Gasteiger partial charge in [-0.05, 0) is 36.7 Å². The molecule has 1 aromatic rings. The second-order valence-corrected chi connectivity index (χ2v) is 5.63. The highest BCUT2D eigenvalue weighted by Gasteiger charge is 2.37. The van der Waals surface area contributed by atoms with Gasteiger partial charge in [0.25, 0.3) is 0 Å². The van der Waals surface area contributed by atoms with E-state index in [1.54, 1.807) is 0 Å². The van der Waals surface area contributed by atoms with Gasteiger partial charge >= 0.3 is 5.97 Å². The molecule has 1 fully saturated rings. The number of carbonyl (C=O) groups is 2. The Hall–Kier alpha value is -1.64. The van der Waals surface area contributed by atoms with Gasteiger partial charge in [0.15, 0.2) is 0 Å². The zero-order valence-electron chi connectivity index (χ0n) is 11.1. The predicted molar refractivity (Wildman–Crippen MR) is 72.9 cm³/mol. The zero-order valence-corrected chi connectivity index (χ0v) is 11.1. The molecule has 102 valence electrons. The summed E-state index contributed by atoms with van der Waals surface area (Å²) in [4.78, 5) is 22.3. The quantitative estimate of drug-likeness (QED) is 0.854. The van der Waals surface area contributed by atoms with E-state index in [4.69, 9.17) is 5.11 Å². The molecule has 1 aromatic carbocycles. The van der Waals surface area contributed by atoms with Crippen molar-refractivity contribution in [1.82, 2.24) is 0 Å². The van der Waals surface area contributed by atoms with E-state index in [9.17, 15) is 9.59 Å². The molecule has 0 spiro atoms. The van der Waals surface area contributed by atoms with Gasteiger partial charge in [0.05, 0.1) is 0 Å². The van der Waals surface area contributed by atoms with Gasteiger partial charge in [0.2, 0.25) is 0 Å². The first-order valence-corrected chi connectivity index (χ1v) is 6.87. The molecule has 3 nitrogen and oxygen atoms in total. The SMILES string of the molecule is O=C(O)CCCC1(Cc2ccccc2)CCC(=O)C1. The summed E-state index contributed by atoms with van der Waals surface area (Å²) in [6.45, 7) is 0. The minimum absolute atomic E-state index is 0.00606. The highest BCUT2D eigenvalue weighted by atomic mass is 16.4. The van der Waals surface area contributed by atoms with Gasteiger partial charge in [0.1, 0.15) is 5.78 Å². The van der Waals surface area contributed by atoms with E-state index in [1.165, 1.54) is 5.56 Å². The van der Waals surface area contributed by atoms with Gasteiger partial charge in [0, 0.05) is 19.3 Å². The summed E-state index contributed by atoms with van der Waals surface area (Å²) < 4.78 is 0. The number of ketones is 1. The maximum absolute atomic E-state index is 11.6. The van der Waals surface area contributed by atoms with E-state index in [0.29, 0.717) is 25.0 Å². The topological polar surface area (TPSA) is 54.4 Å². The molecule has 1 aliphatic carbocycles. The largest absolute Gasteiger partial charge is 0.481 e. The molecule has 1 saturated carbocycles. The minimum atomic E-state index is -0.751. The van der Waals surface area contributed by atoms with Crippen LogP contribution >= 0.6 is 0 Å². The average molecular weight is 260 g/mol. The van der Waals surface area contributed by atoms with Crippen LogP contribution in [0.2, 0.25) is 0 Å². The van der Waals surface area contributed by atoms with Gasteiger partial charge in [-0.15, -0.1) is 0 Å². The van der Waals surface area contributed by atoms with Crippen LogP contribution in [0.5, 0.6) is 0 Å². The average Bonchev–Trinajstić information content (AvgIpc) is 2.72. The predicted octanol–water partition coefficient (Wildman–Crippen LogP) is 3.22. The highest BCUT2D eigenvalue weighted by molar-refractivity contribution is 5.81. The molecule has 0 heterocycles. The Morgan fingerprint density at radius 3 is 2.58 bits per heavy atom. The lowest BCUT2D eigenvalue weighted by molar-refractivity contribution is -0.137. The first-order chi connectivity index (χ1) is 9.10. The Kier molecular flexibility index (Phi) is 4.35. The number of carboxylic acids is 1. The van der Waals surface area contributed by atoms with Crippen LogP contribution in [-0.2, 0) is 16.0 Å². The molecule has 1 aliphatic rings. The smallest absolute Gasteiger partial charge is 0.303 e. The molecule has 0 aliphatic heterocycles. The Balaban J connectivity index is 2.03. The van der Waals surface area contributed by atoms with Crippen molar-refractivity contribution < 1.29 is 14.7 Å². The summed E-state index contributed by atoms with van der Waals surface area (Å²) in [6, 6.07) is 10.2. The van der Waals surface area contributed by atoms with Crippen molar-refractivity contribution in [3.05, 3.63) is 35.9 Å². The van der Waals surface area contributed by atoms with Crippen LogP contribution in [0.25, 0.3) is 0 Å². The summed E-state index contributed by atoms with van der Waals surface area (Å²) in [6.07, 6.45) is 4.75. The molecule has 0 bridgehead atoms. The Bertz CT molecular complexity index is 452. The number of hydrogen-bond acceptors (Lipinski definition) is 2. The maximum atomic E-state index is 11.6. The van der Waals surface area contributed by atoms with Crippen LogP contribution < -0.4 is 0 Å². The van der Waals surface area contributed by atoms with E-state index in [-0.39, 0.29) is 11.8 Å². The van der Waals surface area contributed by atoms with Gasteiger partial charge in [-0.2, -0.15) is 0 Å². The van der Waals surface area contributed by atoms with Crippen molar-refractivity contribution in [2.45, 2.75) is 44.9 Å². The summed E-state index contributed by atoms with van der Waals surface area (Å²) >= 11 is 0. The van der Waals surface area contributed by atoms with Crippen molar-refractivity contribution in [3.63, 3.8) is 0 Å². The zero-order chi connectivity index (χ0) is 13.7. The van der Waals surface area contributed by atoms with E-state index in [1.807, 2.05) is 18.2 Å². The molecule has 0 radical (unpaired) electrons. The monoisotopic (exact) mass is 260 g/mol. The first-order valence-electron chi connectivity index (χ1n) is 6.87. The van der Waals surface area contributed by atoms with Crippen LogP contribution in [0.15, 0.2) is 30.3 Å². The van der Waals surface area contributed by atoms with Crippen molar-refractivity contribution in [1.29, 1.82) is 0 Å². The van der Waals surface area contributed by atoms with Crippen molar-refractivity contribution in [3.8, 4) is 0 Å². The number of carbonyl (C=O) groups excluding carboxylic acids is 1. The second kappa shape index (κ2) is 6.00. The summed E-state index contributed by atoms with van der Waals surface area (Å²) in [5, 5.41) is 8.75. The molecule has 0 amide bonds. The standard InChI is InChI=1S/C16H20O3/c17-14-8-10-16(12-14,9-4-7-15(18)19)11-13-5-2-1-3-6-13/h1-3,5-6H,4,7-12H2,(H,18,19). The third kappa shape index (κ3) is 3.91. The van der Waals surface area contributed by atoms with E-state index in [2.05, 4.69) is 12.1 Å². The summed E-state index contributed by atoms with van der Waals surface area (Å²) in [5.41, 5.74) is 1.24. The molecular formula is C16H20O3. The molecule has 1 atom stereocenters. The molecule has 1 N–H and O–H groups in total. The van der Waals surface area contributed by atoms with Crippen LogP contribution in [0.3, 0.4) is 0 Å². The minimum Gasteiger partial charge on any atom is -0.481 e. The number of rotatable bonds is 6. The third-order valence-electron chi connectivity index (χ3n) is 4.03. The molecule has 1 unspecified atom stereocenters. The Labute approximate surface area is 113 Å². The number of Topliss-reactive ketones (excluding diaryl/α,β-unsaturated/α-hetero) is 1. The Morgan fingerprint density at radius 2 is 2.00 bits per heavy atom. The number of hydrogen-bond donors (Lipinski definition) is 1. The third-order valence-corrected chi connectivity index (χ3v) is 4.03. The molecule has 0 aromatic heterocycles. The molecule has 3 heteroatoms. The normalized spacial score (nSPS) is 22.6. The first kappa shape index (κ1) is 13.8. The summed E-state index contributed by atoms with van der Waals surface area (Å²) in [5.74, 6) is -0.426.